The number of esters is 1. The lowest BCUT2D eigenvalue weighted by atomic mass is 9.89. The molecule has 1 saturated carbocycles. The van der Waals surface area contributed by atoms with Crippen molar-refractivity contribution in [3.63, 3.8) is 0 Å². The first kappa shape index (κ1) is 23.3. The van der Waals surface area contributed by atoms with Crippen molar-refractivity contribution in [3.8, 4) is 5.75 Å². The first-order chi connectivity index (χ1) is 14.7. The van der Waals surface area contributed by atoms with E-state index in [4.69, 9.17) is 9.47 Å². The SMILES string of the molecule is O=C1CCC/C=C\C[C@@H]2C(/C=C/[C@@H](COc3cccc(C(F)(F)F)c3)O1)[C@H](O)C[C@@H]2O. The van der Waals surface area contributed by atoms with Gasteiger partial charge in [0.25, 0.3) is 0 Å². The molecule has 0 saturated heterocycles. The van der Waals surface area contributed by atoms with Crippen LogP contribution in [-0.4, -0.2) is 41.1 Å². The third-order valence-corrected chi connectivity index (χ3v) is 5.65. The molecule has 2 aliphatic rings. The molecular formula is C23H27F3O5. The second kappa shape index (κ2) is 10.3. The Labute approximate surface area is 179 Å². The van der Waals surface area contributed by atoms with Crippen LogP contribution in [0, 0.1) is 11.8 Å². The van der Waals surface area contributed by atoms with E-state index in [0.29, 0.717) is 19.3 Å². The van der Waals surface area contributed by atoms with E-state index >= 15 is 0 Å². The predicted octanol–water partition coefficient (Wildman–Crippen LogP) is 4.04. The number of aliphatic hydroxyl groups is 2. The van der Waals surface area contributed by atoms with Crippen LogP contribution >= 0.6 is 0 Å². The van der Waals surface area contributed by atoms with Crippen LogP contribution in [0.2, 0.25) is 0 Å². The Morgan fingerprint density at radius 1 is 1.13 bits per heavy atom. The van der Waals surface area contributed by atoms with Crippen LogP contribution in [0.25, 0.3) is 0 Å². The molecule has 1 aliphatic heterocycles. The third-order valence-electron chi connectivity index (χ3n) is 5.65. The van der Waals surface area contributed by atoms with Gasteiger partial charge in [-0.25, -0.2) is 0 Å². The van der Waals surface area contributed by atoms with Gasteiger partial charge in [-0.15, -0.1) is 0 Å². The summed E-state index contributed by atoms with van der Waals surface area (Å²) in [6.45, 7) is -0.169. The minimum Gasteiger partial charge on any atom is -0.489 e. The largest absolute Gasteiger partial charge is 0.489 e. The lowest BCUT2D eigenvalue weighted by Gasteiger charge is -2.21. The van der Waals surface area contributed by atoms with E-state index in [1.165, 1.54) is 12.1 Å². The van der Waals surface area contributed by atoms with Gasteiger partial charge in [0.05, 0.1) is 17.8 Å². The number of ether oxygens (including phenoxy) is 2. The summed E-state index contributed by atoms with van der Waals surface area (Å²) in [6.07, 6.45) is 2.89. The van der Waals surface area contributed by atoms with Crippen LogP contribution in [0.15, 0.2) is 48.6 Å². The van der Waals surface area contributed by atoms with Gasteiger partial charge < -0.3 is 19.7 Å². The smallest absolute Gasteiger partial charge is 0.416 e. The molecule has 0 amide bonds. The number of carbonyl (C=O) groups excluding carboxylic acids is 1. The third kappa shape index (κ3) is 6.58. The molecule has 31 heavy (non-hydrogen) atoms. The number of allylic oxidation sites excluding steroid dienone is 2. The molecule has 2 N–H and O–H groups in total. The average molecular weight is 440 g/mol. The summed E-state index contributed by atoms with van der Waals surface area (Å²) in [7, 11) is 0. The lowest BCUT2D eigenvalue weighted by molar-refractivity contribution is -0.148. The molecule has 0 spiro atoms. The van der Waals surface area contributed by atoms with Crippen molar-refractivity contribution < 1.29 is 37.7 Å². The van der Waals surface area contributed by atoms with E-state index < -0.39 is 36.0 Å². The Balaban J connectivity index is 1.74. The van der Waals surface area contributed by atoms with Crippen molar-refractivity contribution in [3.05, 3.63) is 54.1 Å². The van der Waals surface area contributed by atoms with Crippen LogP contribution in [0.3, 0.4) is 0 Å². The first-order valence-electron chi connectivity index (χ1n) is 10.4. The summed E-state index contributed by atoms with van der Waals surface area (Å²) in [5.74, 6) is -0.904. The molecule has 170 valence electrons. The molecule has 1 aromatic carbocycles. The number of carbonyl (C=O) groups is 1. The van der Waals surface area contributed by atoms with Crippen LogP contribution in [0.5, 0.6) is 5.75 Å². The van der Waals surface area contributed by atoms with E-state index in [1.54, 1.807) is 12.2 Å². The molecule has 1 heterocycles. The van der Waals surface area contributed by atoms with Gasteiger partial charge in [-0.05, 0) is 49.5 Å². The van der Waals surface area contributed by atoms with Crippen LogP contribution in [0.4, 0.5) is 13.2 Å². The van der Waals surface area contributed by atoms with Gasteiger partial charge in [0.2, 0.25) is 0 Å². The molecule has 3 rings (SSSR count). The standard InChI is InChI=1S/C23H27F3O5/c24-23(25,26)15-6-5-7-16(12-15)30-14-17-10-11-19-18(20(27)13-21(19)28)8-3-1-2-4-9-22(29)31-17/h1,3,5-7,10-12,17-21,27-28H,2,4,8-9,13-14H2/b3-1-,11-10+/t17-,18+,19?,20-,21+/m0/s1. The van der Waals surface area contributed by atoms with Crippen molar-refractivity contribution >= 4 is 5.97 Å². The van der Waals surface area contributed by atoms with Gasteiger partial charge in [-0.1, -0.05) is 24.3 Å². The number of halogens is 3. The maximum absolute atomic E-state index is 12.9. The lowest BCUT2D eigenvalue weighted by Crippen LogP contribution is -2.25. The molecule has 1 fully saturated rings. The van der Waals surface area contributed by atoms with E-state index in [2.05, 4.69) is 0 Å². The number of aliphatic hydroxyl groups excluding tert-OH is 2. The number of cyclic esters (lactones) is 1. The number of hydrogen-bond acceptors (Lipinski definition) is 5. The normalized spacial score (nSPS) is 32.0. The fourth-order valence-corrected chi connectivity index (χ4v) is 3.99. The van der Waals surface area contributed by atoms with Crippen molar-refractivity contribution in [2.45, 2.75) is 56.6 Å². The predicted molar refractivity (Wildman–Crippen MR) is 107 cm³/mol. The number of alkyl halides is 3. The number of rotatable bonds is 3. The highest BCUT2D eigenvalue weighted by Gasteiger charge is 2.39. The van der Waals surface area contributed by atoms with E-state index in [-0.39, 0.29) is 37.0 Å². The van der Waals surface area contributed by atoms with Crippen molar-refractivity contribution in [1.82, 2.24) is 0 Å². The second-order valence-corrected chi connectivity index (χ2v) is 7.96. The monoisotopic (exact) mass is 440 g/mol. The molecule has 1 unspecified atom stereocenters. The molecular weight excluding hydrogens is 413 g/mol. The minimum atomic E-state index is -4.49. The molecule has 5 atom stereocenters. The van der Waals surface area contributed by atoms with Gasteiger partial charge >= 0.3 is 12.1 Å². The minimum absolute atomic E-state index is 0.0144. The van der Waals surface area contributed by atoms with Crippen molar-refractivity contribution in [1.29, 1.82) is 0 Å². The van der Waals surface area contributed by atoms with E-state index in [0.717, 1.165) is 12.1 Å². The topological polar surface area (TPSA) is 76.0 Å². The zero-order valence-electron chi connectivity index (χ0n) is 17.0. The summed E-state index contributed by atoms with van der Waals surface area (Å²) in [5.41, 5.74) is -0.828. The quantitative estimate of drug-likeness (QED) is 0.548. The molecule has 1 aliphatic carbocycles. The molecule has 1 aromatic rings. The Hall–Kier alpha value is -2.32. The summed E-state index contributed by atoms with van der Waals surface area (Å²) in [4.78, 5) is 12.2. The summed E-state index contributed by atoms with van der Waals surface area (Å²) < 4.78 is 49.7. The highest BCUT2D eigenvalue weighted by Crippen LogP contribution is 2.36. The Bertz CT molecular complexity index is 805. The van der Waals surface area contributed by atoms with Gasteiger partial charge in [-0.3, -0.25) is 4.79 Å². The number of fused-ring (bicyclic) bond motifs is 1. The zero-order chi connectivity index (χ0) is 22.4. The van der Waals surface area contributed by atoms with Crippen LogP contribution in [-0.2, 0) is 15.7 Å². The highest BCUT2D eigenvalue weighted by atomic mass is 19.4. The van der Waals surface area contributed by atoms with Gasteiger partial charge in [0.15, 0.2) is 6.10 Å². The molecule has 0 bridgehead atoms. The van der Waals surface area contributed by atoms with Gasteiger partial charge in [0, 0.05) is 18.8 Å². The fourth-order valence-electron chi connectivity index (χ4n) is 3.99. The zero-order valence-corrected chi connectivity index (χ0v) is 17.0. The van der Waals surface area contributed by atoms with E-state index in [9.17, 15) is 28.2 Å². The van der Waals surface area contributed by atoms with Crippen LogP contribution < -0.4 is 4.74 Å². The average Bonchev–Trinajstić information content (AvgIpc) is 2.98. The molecule has 5 nitrogen and oxygen atoms in total. The van der Waals surface area contributed by atoms with E-state index in [1.807, 2.05) is 12.2 Å². The first-order valence-corrected chi connectivity index (χ1v) is 10.4. The summed E-state index contributed by atoms with van der Waals surface area (Å²) in [6, 6.07) is 4.49. The highest BCUT2D eigenvalue weighted by molar-refractivity contribution is 5.69. The van der Waals surface area contributed by atoms with Crippen molar-refractivity contribution in [2.75, 3.05) is 6.61 Å². The number of benzene rings is 1. The van der Waals surface area contributed by atoms with Crippen molar-refractivity contribution in [2.24, 2.45) is 11.8 Å². The maximum atomic E-state index is 12.9. The number of hydrogen-bond donors (Lipinski definition) is 2. The summed E-state index contributed by atoms with van der Waals surface area (Å²) in [5, 5.41) is 20.6. The molecule has 8 heteroatoms. The molecule has 0 aromatic heterocycles. The second-order valence-electron chi connectivity index (χ2n) is 7.96. The maximum Gasteiger partial charge on any atom is 0.416 e. The Morgan fingerprint density at radius 2 is 1.94 bits per heavy atom. The Kier molecular flexibility index (Phi) is 7.78. The van der Waals surface area contributed by atoms with Gasteiger partial charge in [0.1, 0.15) is 12.4 Å². The summed E-state index contributed by atoms with van der Waals surface area (Å²) >= 11 is 0. The fraction of sp³-hybridized carbons (Fsp3) is 0.522. The van der Waals surface area contributed by atoms with Gasteiger partial charge in [-0.2, -0.15) is 13.2 Å². The molecule has 0 radical (unpaired) electrons. The van der Waals surface area contributed by atoms with Crippen LogP contribution in [0.1, 0.15) is 37.7 Å². The Morgan fingerprint density at radius 3 is 2.71 bits per heavy atom.